The molecule has 0 radical (unpaired) electrons. The van der Waals surface area contributed by atoms with E-state index >= 15 is 0 Å². The van der Waals surface area contributed by atoms with Gasteiger partial charge in [0.2, 0.25) is 0 Å². The predicted octanol–water partition coefficient (Wildman–Crippen LogP) is 6.64. The van der Waals surface area contributed by atoms with Crippen molar-refractivity contribution in [3.8, 4) is 33.4 Å². The van der Waals surface area contributed by atoms with E-state index in [1.165, 1.54) is 24.3 Å². The molecule has 0 N–H and O–H groups in total. The van der Waals surface area contributed by atoms with Crippen molar-refractivity contribution in [2.24, 2.45) is 0 Å². The first-order valence-corrected chi connectivity index (χ1v) is 14.9. The van der Waals surface area contributed by atoms with Gasteiger partial charge in [-0.3, -0.25) is 0 Å². The van der Waals surface area contributed by atoms with Crippen LogP contribution in [0, 0.1) is 0 Å². The normalized spacial score (nSPS) is 12.6. The number of rotatable bonds is 8. The van der Waals surface area contributed by atoms with Crippen molar-refractivity contribution in [3.05, 3.63) is 139 Å². The maximum absolute atomic E-state index is 14.1. The van der Waals surface area contributed by atoms with E-state index in [9.17, 15) is 21.4 Å². The van der Waals surface area contributed by atoms with Gasteiger partial charge in [0.25, 0.3) is 10.1 Å². The summed E-state index contributed by atoms with van der Waals surface area (Å²) in [5, 5.41) is 0. The average molecular weight is 556 g/mol. The van der Waals surface area contributed by atoms with Gasteiger partial charge in [0.1, 0.15) is 15.0 Å². The molecule has 0 saturated heterocycles. The third-order valence-corrected chi connectivity index (χ3v) is 8.56. The van der Waals surface area contributed by atoms with Gasteiger partial charge < -0.3 is 4.55 Å². The summed E-state index contributed by atoms with van der Waals surface area (Å²) in [4.78, 5) is -0.232. The number of benzene rings is 5. The fraction of sp³-hybridized carbons (Fsp3) is 0.0323. The predicted molar refractivity (Wildman–Crippen MR) is 150 cm³/mol. The average Bonchev–Trinajstić information content (AvgIpc) is 2.96. The molecule has 0 aliphatic rings. The Morgan fingerprint density at radius 1 is 0.513 bits per heavy atom. The van der Waals surface area contributed by atoms with Crippen molar-refractivity contribution in [3.63, 3.8) is 0 Å². The van der Waals surface area contributed by atoms with Gasteiger partial charge >= 0.3 is 0 Å². The Bertz CT molecular complexity index is 1730. The van der Waals surface area contributed by atoms with Crippen LogP contribution in [-0.4, -0.2) is 21.4 Å². The second-order valence-electron chi connectivity index (χ2n) is 8.78. The molecular formula is C31H23O6S2-. The maximum atomic E-state index is 14.1. The van der Waals surface area contributed by atoms with Crippen LogP contribution >= 0.6 is 0 Å². The molecule has 1 unspecified atom stereocenters. The van der Waals surface area contributed by atoms with Crippen LogP contribution in [0.3, 0.4) is 0 Å². The highest BCUT2D eigenvalue weighted by Crippen LogP contribution is 2.42. The molecule has 0 amide bonds. The number of hydrogen-bond acceptors (Lipinski definition) is 6. The van der Waals surface area contributed by atoms with E-state index in [4.69, 9.17) is 4.18 Å². The van der Waals surface area contributed by atoms with Crippen molar-refractivity contribution in [1.82, 2.24) is 0 Å². The first-order valence-electron chi connectivity index (χ1n) is 12.0. The summed E-state index contributed by atoms with van der Waals surface area (Å²) in [6.07, 6.45) is 0. The lowest BCUT2D eigenvalue weighted by molar-refractivity contribution is 0.264. The fourth-order valence-electron chi connectivity index (χ4n) is 4.40. The third kappa shape index (κ3) is 5.84. The molecule has 0 spiro atoms. The zero-order valence-electron chi connectivity index (χ0n) is 20.5. The van der Waals surface area contributed by atoms with Crippen LogP contribution in [0.5, 0.6) is 0 Å². The quantitative estimate of drug-likeness (QED) is 0.157. The van der Waals surface area contributed by atoms with E-state index < -0.39 is 25.7 Å². The molecule has 0 aliphatic heterocycles. The van der Waals surface area contributed by atoms with Gasteiger partial charge in [0, 0.05) is 11.1 Å². The van der Waals surface area contributed by atoms with Crippen molar-refractivity contribution >= 4 is 20.2 Å². The SMILES string of the molecule is O=S(=O)(OC(c1ccccc1)S(=O)(=O)[O-])c1c(-c2ccccc2)cc(-c2ccccc2)cc1-c1ccccc1. The van der Waals surface area contributed by atoms with E-state index in [2.05, 4.69) is 0 Å². The molecule has 196 valence electrons. The van der Waals surface area contributed by atoms with Crippen LogP contribution in [-0.2, 0) is 24.4 Å². The van der Waals surface area contributed by atoms with Gasteiger partial charge in [-0.25, -0.2) is 12.6 Å². The van der Waals surface area contributed by atoms with Crippen LogP contribution in [0.2, 0.25) is 0 Å². The highest BCUT2D eigenvalue weighted by atomic mass is 32.2. The minimum Gasteiger partial charge on any atom is -0.746 e. The summed E-state index contributed by atoms with van der Waals surface area (Å²) in [7, 11) is -10.0. The molecule has 0 aliphatic carbocycles. The molecule has 0 saturated carbocycles. The van der Waals surface area contributed by atoms with Gasteiger partial charge in [0.15, 0.2) is 5.44 Å². The molecule has 6 nitrogen and oxygen atoms in total. The molecule has 0 fully saturated rings. The van der Waals surface area contributed by atoms with Gasteiger partial charge in [0.05, 0.1) is 0 Å². The van der Waals surface area contributed by atoms with Gasteiger partial charge in [-0.1, -0.05) is 121 Å². The Morgan fingerprint density at radius 3 is 1.31 bits per heavy atom. The Hall–Kier alpha value is -4.08. The summed E-state index contributed by atoms with van der Waals surface area (Å²) < 4.78 is 70.2. The first kappa shape index (κ1) is 26.5. The van der Waals surface area contributed by atoms with Crippen molar-refractivity contribution in [1.29, 1.82) is 0 Å². The lowest BCUT2D eigenvalue weighted by Gasteiger charge is -2.23. The fourth-order valence-corrected chi connectivity index (χ4v) is 6.92. The summed E-state index contributed by atoms with van der Waals surface area (Å²) in [5.41, 5.74) is 1.05. The molecule has 39 heavy (non-hydrogen) atoms. The molecule has 5 aromatic rings. The Balaban J connectivity index is 1.81. The van der Waals surface area contributed by atoms with Gasteiger partial charge in [-0.2, -0.15) is 8.42 Å². The van der Waals surface area contributed by atoms with E-state index in [1.54, 1.807) is 66.7 Å². The van der Waals surface area contributed by atoms with Gasteiger partial charge in [-0.05, 0) is 39.9 Å². The lowest BCUT2D eigenvalue weighted by Crippen LogP contribution is -2.21. The summed E-state index contributed by atoms with van der Waals surface area (Å²) >= 11 is 0. The molecule has 5 aromatic carbocycles. The summed E-state index contributed by atoms with van der Waals surface area (Å²) in [5.74, 6) is 0. The third-order valence-electron chi connectivity index (χ3n) is 6.16. The first-order chi connectivity index (χ1) is 18.7. The molecular weight excluding hydrogens is 532 g/mol. The van der Waals surface area contributed by atoms with Crippen LogP contribution in [0.4, 0.5) is 0 Å². The van der Waals surface area contributed by atoms with E-state index in [0.717, 1.165) is 11.1 Å². The minimum atomic E-state index is -5.22. The molecule has 5 rings (SSSR count). The molecule has 8 heteroatoms. The van der Waals surface area contributed by atoms with Crippen molar-refractivity contribution < 1.29 is 25.6 Å². The highest BCUT2D eigenvalue weighted by Gasteiger charge is 2.33. The van der Waals surface area contributed by atoms with Crippen LogP contribution in [0.1, 0.15) is 11.0 Å². The summed E-state index contributed by atoms with van der Waals surface area (Å²) in [6.45, 7) is 0. The van der Waals surface area contributed by atoms with Crippen LogP contribution < -0.4 is 0 Å². The van der Waals surface area contributed by atoms with Crippen molar-refractivity contribution in [2.45, 2.75) is 10.3 Å². The zero-order valence-corrected chi connectivity index (χ0v) is 22.2. The number of hydrogen-bond donors (Lipinski definition) is 0. The van der Waals surface area contributed by atoms with Gasteiger partial charge in [-0.15, -0.1) is 0 Å². The van der Waals surface area contributed by atoms with Crippen LogP contribution in [0.15, 0.2) is 138 Å². The molecule has 0 heterocycles. The second kappa shape index (κ2) is 11.0. The van der Waals surface area contributed by atoms with Crippen LogP contribution in [0.25, 0.3) is 33.4 Å². The monoisotopic (exact) mass is 555 g/mol. The van der Waals surface area contributed by atoms with Crippen molar-refractivity contribution in [2.75, 3.05) is 0 Å². The second-order valence-corrected chi connectivity index (χ2v) is 11.7. The molecule has 1 atom stereocenters. The maximum Gasteiger partial charge on any atom is 0.299 e. The zero-order chi connectivity index (χ0) is 27.5. The molecule has 0 bridgehead atoms. The van der Waals surface area contributed by atoms with E-state index in [1.807, 2.05) is 42.5 Å². The topological polar surface area (TPSA) is 101 Å². The summed E-state index contributed by atoms with van der Waals surface area (Å²) in [6, 6.07) is 38.0. The Labute approximate surface area is 228 Å². The standard InChI is InChI=1S/C31H24O6S2/c32-38(33,34)31(26-19-11-4-12-20-26)37-39(35,36)30-28(24-15-7-2-8-16-24)21-27(23-13-5-1-6-14-23)22-29(30)25-17-9-3-10-18-25/h1-22,31H,(H,32,33,34)/p-1. The molecule has 0 aromatic heterocycles. The van der Waals surface area contributed by atoms with E-state index in [0.29, 0.717) is 22.3 Å². The minimum absolute atomic E-state index is 0.0838. The van der Waals surface area contributed by atoms with E-state index in [-0.39, 0.29) is 10.5 Å². The smallest absolute Gasteiger partial charge is 0.299 e. The largest absolute Gasteiger partial charge is 0.746 e. The Kier molecular flexibility index (Phi) is 7.45. The highest BCUT2D eigenvalue weighted by molar-refractivity contribution is 7.89. The lowest BCUT2D eigenvalue weighted by atomic mass is 9.93. The Morgan fingerprint density at radius 2 is 0.897 bits per heavy atom.